The van der Waals surface area contributed by atoms with Crippen molar-refractivity contribution in [2.24, 2.45) is 5.92 Å². The number of nitrogens with zero attached hydrogens (tertiary/aromatic N) is 1. The van der Waals surface area contributed by atoms with Gasteiger partial charge in [0.1, 0.15) is 5.69 Å². The molecule has 0 atom stereocenters. The monoisotopic (exact) mass is 154 g/mol. The molecule has 0 saturated carbocycles. The molecular weight excluding hydrogens is 140 g/mol. The molecule has 1 rings (SSSR count). The maximum absolute atomic E-state index is 11.2. The van der Waals surface area contributed by atoms with Crippen LogP contribution in [0.2, 0.25) is 0 Å². The van der Waals surface area contributed by atoms with Crippen molar-refractivity contribution >= 4 is 0 Å². The van der Waals surface area contributed by atoms with E-state index in [1.54, 1.807) is 0 Å². The molecule has 0 amide bonds. The first-order chi connectivity index (χ1) is 6.00. The summed E-state index contributed by atoms with van der Waals surface area (Å²) in [7, 11) is 0. The van der Waals surface area contributed by atoms with Gasteiger partial charge >= 0.3 is 0 Å². The van der Waals surface area contributed by atoms with Gasteiger partial charge in [0.15, 0.2) is 0 Å². The molecule has 0 aliphatic rings. The molecule has 1 N–H and O–H groups in total. The van der Waals surface area contributed by atoms with Crippen LogP contribution in [0.3, 0.4) is 0 Å². The Morgan fingerprint density at radius 2 is 2.55 bits per heavy atom. The molecule has 0 fully saturated rings. The van der Waals surface area contributed by atoms with E-state index in [1.165, 1.54) is 0 Å². The average Bonchev–Trinajstić information content (AvgIpc) is 1.99. The number of H-pyrrole nitrogens is 1. The lowest BCUT2D eigenvalue weighted by molar-refractivity contribution is 0.628. The molecule has 0 aliphatic carbocycles. The molecule has 3 heteroatoms. The van der Waals surface area contributed by atoms with Gasteiger partial charge in [0.25, 0.3) is 5.56 Å². The zero-order valence-electron chi connectivity index (χ0n) is 8.64. The zero-order valence-corrected chi connectivity index (χ0v) is 6.64. The fourth-order valence-electron chi connectivity index (χ4n) is 0.828. The van der Waals surface area contributed by atoms with Crippen LogP contribution >= 0.6 is 0 Å². The highest BCUT2D eigenvalue weighted by molar-refractivity contribution is 4.96. The molecule has 0 saturated heterocycles. The topological polar surface area (TPSA) is 45.8 Å². The third-order valence-electron chi connectivity index (χ3n) is 1.29. The predicted octanol–water partition coefficient (Wildman–Crippen LogP) is 0.968. The number of hydrogen-bond donors (Lipinski definition) is 1. The van der Waals surface area contributed by atoms with E-state index in [0.717, 1.165) is 0 Å². The van der Waals surface area contributed by atoms with Crippen LogP contribution in [0.1, 0.15) is 22.3 Å². The summed E-state index contributed by atoms with van der Waals surface area (Å²) in [6.45, 7) is 3.94. The SMILES string of the molecule is [2H]c1nc(CC(C)C)c(=O)[nH]c1[2H]. The molecule has 60 valence electrons. The van der Waals surface area contributed by atoms with E-state index >= 15 is 0 Å². The summed E-state index contributed by atoms with van der Waals surface area (Å²) in [5, 5.41) is 0. The molecule has 0 aliphatic heterocycles. The normalized spacial score (nSPS) is 13.0. The Morgan fingerprint density at radius 3 is 3.18 bits per heavy atom. The van der Waals surface area contributed by atoms with Gasteiger partial charge < -0.3 is 4.98 Å². The number of aromatic amines is 1. The van der Waals surface area contributed by atoms with Gasteiger partial charge in [-0.05, 0) is 12.3 Å². The Balaban J connectivity index is 3.09. The summed E-state index contributed by atoms with van der Waals surface area (Å²) < 4.78 is 14.4. The maximum atomic E-state index is 11.2. The van der Waals surface area contributed by atoms with Gasteiger partial charge in [0, 0.05) is 12.3 Å². The second kappa shape index (κ2) is 3.32. The first-order valence-corrected chi connectivity index (χ1v) is 3.57. The molecule has 11 heavy (non-hydrogen) atoms. The van der Waals surface area contributed by atoms with Crippen LogP contribution < -0.4 is 5.56 Å². The minimum Gasteiger partial charge on any atom is -0.326 e. The lowest BCUT2D eigenvalue weighted by Crippen LogP contribution is -2.15. The first-order valence-electron chi connectivity index (χ1n) is 4.57. The summed E-state index contributed by atoms with van der Waals surface area (Å²) >= 11 is 0. The third kappa shape index (κ3) is 2.18. The molecule has 0 unspecified atom stereocenters. The predicted molar refractivity (Wildman–Crippen MR) is 43.4 cm³/mol. The molecule has 1 aromatic heterocycles. The van der Waals surface area contributed by atoms with Gasteiger partial charge in [-0.25, -0.2) is 0 Å². The Hall–Kier alpha value is -1.12. The van der Waals surface area contributed by atoms with Crippen molar-refractivity contribution in [1.29, 1.82) is 0 Å². The van der Waals surface area contributed by atoms with Crippen molar-refractivity contribution < 1.29 is 2.74 Å². The molecule has 1 heterocycles. The molecule has 1 aromatic rings. The highest BCUT2D eigenvalue weighted by Crippen LogP contribution is 1.98. The fourth-order valence-corrected chi connectivity index (χ4v) is 0.828. The van der Waals surface area contributed by atoms with Crippen molar-refractivity contribution in [1.82, 2.24) is 9.97 Å². The highest BCUT2D eigenvalue weighted by Gasteiger charge is 2.01. The van der Waals surface area contributed by atoms with Gasteiger partial charge in [0.05, 0.1) is 2.74 Å². The molecule has 3 nitrogen and oxygen atoms in total. The van der Waals surface area contributed by atoms with E-state index in [0.29, 0.717) is 18.0 Å². The summed E-state index contributed by atoms with van der Waals surface area (Å²) in [6, 6.07) is 0. The minimum atomic E-state index is -0.352. The van der Waals surface area contributed by atoms with Crippen molar-refractivity contribution in [3.05, 3.63) is 28.4 Å². The quantitative estimate of drug-likeness (QED) is 0.689. The van der Waals surface area contributed by atoms with Gasteiger partial charge in [0.2, 0.25) is 0 Å². The number of aromatic nitrogens is 2. The Kier molecular flexibility index (Phi) is 1.67. The van der Waals surface area contributed by atoms with E-state index < -0.39 is 0 Å². The Bertz CT molecular complexity index is 360. The van der Waals surface area contributed by atoms with Gasteiger partial charge in [-0.3, -0.25) is 9.78 Å². The maximum Gasteiger partial charge on any atom is 0.269 e. The zero-order chi connectivity index (χ0) is 10.0. The van der Waals surface area contributed by atoms with Crippen molar-refractivity contribution in [2.75, 3.05) is 0 Å². The summed E-state index contributed by atoms with van der Waals surface area (Å²) in [5.74, 6) is 0.324. The van der Waals surface area contributed by atoms with E-state index in [9.17, 15) is 4.79 Å². The second-order valence-corrected chi connectivity index (χ2v) is 2.85. The van der Waals surface area contributed by atoms with Crippen LogP contribution in [0.25, 0.3) is 0 Å². The average molecular weight is 154 g/mol. The molecular formula is C8H12N2O. The van der Waals surface area contributed by atoms with Crippen LogP contribution in [-0.4, -0.2) is 9.97 Å². The first kappa shape index (κ1) is 5.52. The second-order valence-electron chi connectivity index (χ2n) is 2.85. The number of hydrogen-bond acceptors (Lipinski definition) is 2. The molecule has 0 radical (unpaired) electrons. The summed E-state index contributed by atoms with van der Waals surface area (Å²) in [6.07, 6.45) is 0.148. The standard InChI is InChI=1S/C8H12N2O/c1-6(2)5-7-8(11)10-4-3-9-7/h3-4,6H,5H2,1-2H3,(H,10,11)/i3D,4D. The van der Waals surface area contributed by atoms with E-state index in [-0.39, 0.29) is 17.9 Å². The minimum absolute atomic E-state index is 0.171. The van der Waals surface area contributed by atoms with Crippen LogP contribution in [0.4, 0.5) is 0 Å². The smallest absolute Gasteiger partial charge is 0.269 e. The third-order valence-corrected chi connectivity index (χ3v) is 1.29. The highest BCUT2D eigenvalue weighted by atomic mass is 16.1. The van der Waals surface area contributed by atoms with Crippen LogP contribution in [0.15, 0.2) is 17.1 Å². The van der Waals surface area contributed by atoms with Crippen molar-refractivity contribution in [3.63, 3.8) is 0 Å². The molecule has 0 aromatic carbocycles. The molecule has 0 spiro atoms. The van der Waals surface area contributed by atoms with Crippen LogP contribution in [0.5, 0.6) is 0 Å². The lowest BCUT2D eigenvalue weighted by atomic mass is 10.1. The summed E-state index contributed by atoms with van der Waals surface area (Å²) in [5.41, 5.74) is -0.00861. The Morgan fingerprint density at radius 1 is 1.82 bits per heavy atom. The van der Waals surface area contributed by atoms with Gasteiger partial charge in [-0.15, -0.1) is 0 Å². The van der Waals surface area contributed by atoms with E-state index in [4.69, 9.17) is 2.74 Å². The largest absolute Gasteiger partial charge is 0.326 e. The summed E-state index contributed by atoms with van der Waals surface area (Å²) in [4.78, 5) is 17.2. The van der Waals surface area contributed by atoms with Gasteiger partial charge in [-0.1, -0.05) is 13.8 Å². The van der Waals surface area contributed by atoms with Crippen molar-refractivity contribution in [3.8, 4) is 0 Å². The van der Waals surface area contributed by atoms with Gasteiger partial charge in [-0.2, -0.15) is 0 Å². The van der Waals surface area contributed by atoms with E-state index in [2.05, 4.69) is 9.97 Å². The van der Waals surface area contributed by atoms with Crippen LogP contribution in [-0.2, 0) is 6.42 Å². The Labute approximate surface area is 68.3 Å². The van der Waals surface area contributed by atoms with E-state index in [1.807, 2.05) is 13.8 Å². The number of rotatable bonds is 2. The number of nitrogens with one attached hydrogen (secondary N) is 1. The molecule has 0 bridgehead atoms. The van der Waals surface area contributed by atoms with Crippen molar-refractivity contribution in [2.45, 2.75) is 20.3 Å². The fraction of sp³-hybridized carbons (Fsp3) is 0.500. The van der Waals surface area contributed by atoms with Crippen LogP contribution in [0, 0.1) is 5.92 Å². The lowest BCUT2D eigenvalue weighted by Gasteiger charge is -2.00.